The summed E-state index contributed by atoms with van der Waals surface area (Å²) in [5, 5.41) is 21.7. The molecule has 0 fully saturated rings. The molecule has 3 N–H and O–H groups in total. The number of benzene rings is 1. The molecule has 0 bridgehead atoms. The molecular weight excluding hydrogens is 334 g/mol. The average molecular weight is 351 g/mol. The van der Waals surface area contributed by atoms with E-state index < -0.39 is 0 Å². The SMILES string of the molecule is C=c1c(C#N)c2[nH]c(N)c(C#N)c(C)c-2/c1=C/c1cn(C)c2ccccc12. The summed E-state index contributed by atoms with van der Waals surface area (Å²) in [6, 6.07) is 12.5. The van der Waals surface area contributed by atoms with Crippen LogP contribution in [0.15, 0.2) is 30.5 Å². The van der Waals surface area contributed by atoms with Gasteiger partial charge in [-0.1, -0.05) is 24.8 Å². The van der Waals surface area contributed by atoms with E-state index in [1.165, 1.54) is 0 Å². The second kappa shape index (κ2) is 5.79. The first-order valence-corrected chi connectivity index (χ1v) is 8.46. The van der Waals surface area contributed by atoms with Crippen LogP contribution in [0.2, 0.25) is 0 Å². The lowest BCUT2D eigenvalue weighted by molar-refractivity contribution is 0.968. The third-order valence-electron chi connectivity index (χ3n) is 5.13. The lowest BCUT2D eigenvalue weighted by Gasteiger charge is -2.10. The first-order chi connectivity index (χ1) is 13.0. The number of para-hydroxylation sites is 1. The minimum atomic E-state index is 0.265. The topological polar surface area (TPSA) is 94.3 Å². The summed E-state index contributed by atoms with van der Waals surface area (Å²) in [7, 11) is 2.00. The van der Waals surface area contributed by atoms with Gasteiger partial charge in [0.1, 0.15) is 18.0 Å². The van der Waals surface area contributed by atoms with Gasteiger partial charge in [-0.2, -0.15) is 10.5 Å². The van der Waals surface area contributed by atoms with Gasteiger partial charge in [0.25, 0.3) is 0 Å². The van der Waals surface area contributed by atoms with Crippen LogP contribution in [0, 0.1) is 29.6 Å². The predicted molar refractivity (Wildman–Crippen MR) is 107 cm³/mol. The van der Waals surface area contributed by atoms with E-state index >= 15 is 0 Å². The minimum absolute atomic E-state index is 0.265. The van der Waals surface area contributed by atoms with E-state index in [1.54, 1.807) is 0 Å². The van der Waals surface area contributed by atoms with Crippen LogP contribution in [0.4, 0.5) is 5.82 Å². The maximum Gasteiger partial charge on any atom is 0.119 e. The smallest absolute Gasteiger partial charge is 0.119 e. The zero-order valence-electron chi connectivity index (χ0n) is 15.1. The second-order valence-corrected chi connectivity index (χ2v) is 6.64. The summed E-state index contributed by atoms with van der Waals surface area (Å²) in [6.45, 7) is 5.99. The zero-order chi connectivity index (χ0) is 19.3. The van der Waals surface area contributed by atoms with Crippen LogP contribution in [-0.2, 0) is 7.05 Å². The van der Waals surface area contributed by atoms with Gasteiger partial charge < -0.3 is 15.3 Å². The fourth-order valence-electron chi connectivity index (χ4n) is 3.81. The molecule has 0 saturated carbocycles. The van der Waals surface area contributed by atoms with Crippen LogP contribution in [0.3, 0.4) is 0 Å². The highest BCUT2D eigenvalue weighted by Crippen LogP contribution is 2.29. The Kier molecular flexibility index (Phi) is 3.54. The average Bonchev–Trinajstić information content (AvgIpc) is 3.10. The third-order valence-corrected chi connectivity index (χ3v) is 5.13. The number of aryl methyl sites for hydroxylation is 1. The number of rotatable bonds is 1. The van der Waals surface area contributed by atoms with Gasteiger partial charge in [0, 0.05) is 35.3 Å². The van der Waals surface area contributed by atoms with Crippen molar-refractivity contribution < 1.29 is 0 Å². The summed E-state index contributed by atoms with van der Waals surface area (Å²) in [5.41, 5.74) is 11.2. The normalized spacial score (nSPS) is 11.8. The molecule has 2 aromatic rings. The molecule has 5 nitrogen and oxygen atoms in total. The molecule has 27 heavy (non-hydrogen) atoms. The molecule has 4 rings (SSSR count). The molecule has 0 unspecified atom stereocenters. The van der Waals surface area contributed by atoms with Gasteiger partial charge in [-0.25, -0.2) is 0 Å². The van der Waals surface area contributed by atoms with Crippen LogP contribution < -0.4 is 16.2 Å². The highest BCUT2D eigenvalue weighted by Gasteiger charge is 2.21. The number of nitrogens with zero attached hydrogens (tertiary/aromatic N) is 3. The first-order valence-electron chi connectivity index (χ1n) is 8.46. The molecule has 130 valence electrons. The number of nitrogens with two attached hydrogens (primary N) is 1. The van der Waals surface area contributed by atoms with Crippen molar-refractivity contribution in [3.05, 3.63) is 63.2 Å². The number of hydrogen-bond acceptors (Lipinski definition) is 3. The molecule has 1 aromatic heterocycles. The Labute approximate surface area is 156 Å². The number of aromatic nitrogens is 2. The molecule has 0 amide bonds. The van der Waals surface area contributed by atoms with Gasteiger partial charge in [0.05, 0.1) is 16.8 Å². The van der Waals surface area contributed by atoms with Crippen molar-refractivity contribution in [3.8, 4) is 23.4 Å². The quantitative estimate of drug-likeness (QED) is 0.551. The second-order valence-electron chi connectivity index (χ2n) is 6.64. The summed E-state index contributed by atoms with van der Waals surface area (Å²) in [5.74, 6) is 0.265. The Morgan fingerprint density at radius 3 is 2.59 bits per heavy atom. The lowest BCUT2D eigenvalue weighted by Crippen LogP contribution is -2.21. The van der Waals surface area contributed by atoms with Crippen molar-refractivity contribution >= 4 is 29.4 Å². The Balaban J connectivity index is 2.19. The van der Waals surface area contributed by atoms with E-state index in [4.69, 9.17) is 5.73 Å². The van der Waals surface area contributed by atoms with Crippen LogP contribution in [0.5, 0.6) is 0 Å². The van der Waals surface area contributed by atoms with Crippen molar-refractivity contribution in [2.24, 2.45) is 7.05 Å². The van der Waals surface area contributed by atoms with E-state index in [9.17, 15) is 10.5 Å². The van der Waals surface area contributed by atoms with Crippen molar-refractivity contribution in [1.82, 2.24) is 9.55 Å². The summed E-state index contributed by atoms with van der Waals surface area (Å²) < 4.78 is 2.07. The van der Waals surface area contributed by atoms with Gasteiger partial charge in [0.15, 0.2) is 0 Å². The monoisotopic (exact) mass is 351 g/mol. The fraction of sp³-hybridized carbons (Fsp3) is 0.0909. The number of nitriles is 2. The van der Waals surface area contributed by atoms with Crippen LogP contribution in [-0.4, -0.2) is 9.55 Å². The van der Waals surface area contributed by atoms with Gasteiger partial charge in [0.2, 0.25) is 0 Å². The number of H-pyrrole nitrogens is 1. The van der Waals surface area contributed by atoms with E-state index in [1.807, 2.05) is 32.2 Å². The van der Waals surface area contributed by atoms with Gasteiger partial charge >= 0.3 is 0 Å². The Morgan fingerprint density at radius 1 is 1.19 bits per heavy atom. The molecule has 2 heterocycles. The maximum absolute atomic E-state index is 9.65. The van der Waals surface area contributed by atoms with Gasteiger partial charge in [-0.15, -0.1) is 0 Å². The van der Waals surface area contributed by atoms with Crippen molar-refractivity contribution in [2.75, 3.05) is 5.73 Å². The highest BCUT2D eigenvalue weighted by atomic mass is 14.9. The molecule has 0 spiro atoms. The Bertz CT molecular complexity index is 1390. The number of aromatic amines is 1. The standard InChI is InChI=1S/C22H17N5/c1-12-16(8-14-11-27(3)19-7-5-4-6-15(14)19)20-13(2)18(10-24)22(25)26-21(20)17(12)9-23/h4-8,11,26H,1,25H2,2-3H3/b16-8+. The minimum Gasteiger partial charge on any atom is -0.384 e. The Hall–Kier alpha value is -3.96. The van der Waals surface area contributed by atoms with Crippen LogP contribution >= 0.6 is 0 Å². The van der Waals surface area contributed by atoms with Crippen LogP contribution in [0.25, 0.3) is 34.8 Å². The number of hydrogen-bond donors (Lipinski definition) is 2. The van der Waals surface area contributed by atoms with E-state index in [2.05, 4.69) is 46.6 Å². The van der Waals surface area contributed by atoms with Crippen molar-refractivity contribution in [1.29, 1.82) is 10.5 Å². The molecule has 0 radical (unpaired) electrons. The summed E-state index contributed by atoms with van der Waals surface area (Å²) in [6.07, 6.45) is 4.09. The predicted octanol–water partition coefficient (Wildman–Crippen LogP) is 2.48. The molecule has 1 aromatic carbocycles. The maximum atomic E-state index is 9.65. The largest absolute Gasteiger partial charge is 0.384 e. The van der Waals surface area contributed by atoms with Crippen molar-refractivity contribution in [2.45, 2.75) is 6.92 Å². The van der Waals surface area contributed by atoms with E-state index in [0.29, 0.717) is 22.0 Å². The van der Waals surface area contributed by atoms with Gasteiger partial charge in [-0.05, 0) is 35.1 Å². The lowest BCUT2D eigenvalue weighted by atomic mass is 10.0. The fourth-order valence-corrected chi connectivity index (χ4v) is 3.81. The number of anilines is 1. The van der Waals surface area contributed by atoms with Crippen LogP contribution in [0.1, 0.15) is 22.3 Å². The first kappa shape index (κ1) is 16.5. The third kappa shape index (κ3) is 2.23. The summed E-state index contributed by atoms with van der Waals surface area (Å²) in [4.78, 5) is 3.03. The zero-order valence-corrected chi connectivity index (χ0v) is 15.1. The molecule has 0 atom stereocenters. The molecular formula is C22H17N5. The number of pyridine rings is 1. The molecule has 5 heteroatoms. The van der Waals surface area contributed by atoms with E-state index in [-0.39, 0.29) is 5.82 Å². The van der Waals surface area contributed by atoms with E-state index in [0.717, 1.165) is 32.8 Å². The molecule has 1 aliphatic carbocycles. The number of fused-ring (bicyclic) bond motifs is 2. The number of nitrogens with one attached hydrogen (secondary N) is 1. The Morgan fingerprint density at radius 2 is 1.89 bits per heavy atom. The van der Waals surface area contributed by atoms with Crippen molar-refractivity contribution in [3.63, 3.8) is 0 Å². The highest BCUT2D eigenvalue weighted by molar-refractivity contribution is 5.91. The molecule has 1 aliphatic heterocycles. The van der Waals surface area contributed by atoms with Gasteiger partial charge in [-0.3, -0.25) is 0 Å². The molecule has 2 aliphatic rings. The summed E-state index contributed by atoms with van der Waals surface area (Å²) >= 11 is 0. The number of nitrogen functional groups attached to an aromatic ring is 1. The molecule has 0 saturated heterocycles.